The van der Waals surface area contributed by atoms with Crippen LogP contribution in [0.1, 0.15) is 10.4 Å². The number of fused-ring (bicyclic) bond motifs is 1. The lowest BCUT2D eigenvalue weighted by molar-refractivity contribution is -0.122. The molecule has 0 bridgehead atoms. The number of carbonyl (C=O) groups excluding carboxylic acids is 2. The minimum absolute atomic E-state index is 0.00467. The molecule has 2 N–H and O–H groups in total. The van der Waals surface area contributed by atoms with Crippen LogP contribution < -0.4 is 10.9 Å². The largest absolute Gasteiger partial charge is 0.331 e. The van der Waals surface area contributed by atoms with Crippen LogP contribution in [0.25, 0.3) is 22.2 Å². The Morgan fingerprint density at radius 2 is 1.52 bits per heavy atom. The number of amides is 2. The third-order valence-electron chi connectivity index (χ3n) is 4.62. The number of aromatic nitrogens is 1. The molecule has 4 rings (SSSR count). The molecule has 4 aromatic rings. The summed E-state index contributed by atoms with van der Waals surface area (Å²) in [5, 5.41) is 1.01. The number of rotatable bonds is 4. The maximum Gasteiger partial charge on any atom is 0.272 e. The van der Waals surface area contributed by atoms with E-state index < -0.39 is 17.6 Å². The second kappa shape index (κ2) is 7.98. The maximum atomic E-state index is 13.7. The third kappa shape index (κ3) is 3.87. The monoisotopic (exact) mass is 387 g/mol. The summed E-state index contributed by atoms with van der Waals surface area (Å²) in [5.74, 6) is -1.78. The van der Waals surface area contributed by atoms with Crippen molar-refractivity contribution in [3.63, 3.8) is 0 Å². The van der Waals surface area contributed by atoms with Gasteiger partial charge < -0.3 is 4.57 Å². The van der Waals surface area contributed by atoms with Crippen LogP contribution >= 0.6 is 0 Å². The summed E-state index contributed by atoms with van der Waals surface area (Å²) in [4.78, 5) is 24.6. The molecule has 1 aromatic heterocycles. The zero-order chi connectivity index (χ0) is 20.2. The van der Waals surface area contributed by atoms with Crippen LogP contribution in [-0.4, -0.2) is 16.4 Å². The molecule has 0 fully saturated rings. The lowest BCUT2D eigenvalue weighted by Gasteiger charge is -2.12. The van der Waals surface area contributed by atoms with Crippen LogP contribution in [0.3, 0.4) is 0 Å². The smallest absolute Gasteiger partial charge is 0.272 e. The van der Waals surface area contributed by atoms with Gasteiger partial charge in [-0.05, 0) is 29.8 Å². The lowest BCUT2D eigenvalue weighted by atomic mass is 10.1. The molecular weight excluding hydrogens is 369 g/mol. The molecule has 0 spiro atoms. The molecular formula is C23H18FN3O2. The van der Waals surface area contributed by atoms with E-state index in [-0.39, 0.29) is 12.1 Å². The normalized spacial score (nSPS) is 10.7. The Morgan fingerprint density at radius 3 is 2.31 bits per heavy atom. The van der Waals surface area contributed by atoms with E-state index in [0.717, 1.165) is 22.2 Å². The zero-order valence-electron chi connectivity index (χ0n) is 15.4. The Hall–Kier alpha value is -3.93. The van der Waals surface area contributed by atoms with Crippen molar-refractivity contribution in [3.8, 4) is 11.3 Å². The molecule has 6 heteroatoms. The van der Waals surface area contributed by atoms with Crippen molar-refractivity contribution in [1.82, 2.24) is 15.4 Å². The third-order valence-corrected chi connectivity index (χ3v) is 4.62. The summed E-state index contributed by atoms with van der Waals surface area (Å²) in [6.07, 6.45) is 0. The van der Waals surface area contributed by atoms with Gasteiger partial charge >= 0.3 is 0 Å². The van der Waals surface area contributed by atoms with E-state index >= 15 is 0 Å². The molecule has 0 aliphatic carbocycles. The Morgan fingerprint density at radius 1 is 0.828 bits per heavy atom. The van der Waals surface area contributed by atoms with Gasteiger partial charge in [-0.15, -0.1) is 0 Å². The standard InChI is InChI=1S/C23H18FN3O2/c24-19-12-6-5-11-18(19)23(29)26-25-22(28)15-27-20-13-7-4-10-17(20)14-21(27)16-8-2-1-3-9-16/h1-14H,15H2,(H,25,28)(H,26,29). The fourth-order valence-electron chi connectivity index (χ4n) is 3.25. The van der Waals surface area contributed by atoms with Crippen molar-refractivity contribution in [2.75, 3.05) is 0 Å². The summed E-state index contributed by atoms with van der Waals surface area (Å²) in [6, 6.07) is 25.1. The molecule has 0 unspecified atom stereocenters. The van der Waals surface area contributed by atoms with Crippen LogP contribution in [0.2, 0.25) is 0 Å². The molecule has 1 heterocycles. The quantitative estimate of drug-likeness (QED) is 0.522. The number of nitrogens with zero attached hydrogens (tertiary/aromatic N) is 1. The second-order valence-electron chi connectivity index (χ2n) is 6.52. The second-order valence-corrected chi connectivity index (χ2v) is 6.52. The average molecular weight is 387 g/mol. The molecule has 0 atom stereocenters. The number of hydrazine groups is 1. The maximum absolute atomic E-state index is 13.7. The molecule has 144 valence electrons. The average Bonchev–Trinajstić information content (AvgIpc) is 3.11. The molecule has 29 heavy (non-hydrogen) atoms. The van der Waals surface area contributed by atoms with Crippen molar-refractivity contribution in [2.24, 2.45) is 0 Å². The Kier molecular flexibility index (Phi) is 5.07. The molecule has 0 saturated carbocycles. The van der Waals surface area contributed by atoms with Gasteiger partial charge in [0, 0.05) is 16.6 Å². The lowest BCUT2D eigenvalue weighted by Crippen LogP contribution is -2.43. The van der Waals surface area contributed by atoms with Gasteiger partial charge in [-0.25, -0.2) is 4.39 Å². The molecule has 0 aliphatic heterocycles. The number of para-hydroxylation sites is 1. The van der Waals surface area contributed by atoms with Crippen molar-refractivity contribution in [3.05, 3.63) is 96.3 Å². The molecule has 0 saturated heterocycles. The van der Waals surface area contributed by atoms with E-state index in [1.165, 1.54) is 18.2 Å². The Balaban J connectivity index is 1.55. The number of nitrogens with one attached hydrogen (secondary N) is 2. The number of benzene rings is 3. The minimum Gasteiger partial charge on any atom is -0.331 e. The van der Waals surface area contributed by atoms with E-state index in [4.69, 9.17) is 0 Å². The van der Waals surface area contributed by atoms with E-state index in [1.807, 2.05) is 65.2 Å². The topological polar surface area (TPSA) is 63.1 Å². The summed E-state index contributed by atoms with van der Waals surface area (Å²) >= 11 is 0. The highest BCUT2D eigenvalue weighted by Crippen LogP contribution is 2.28. The first-order valence-corrected chi connectivity index (χ1v) is 9.11. The van der Waals surface area contributed by atoms with Gasteiger partial charge in [0.25, 0.3) is 11.8 Å². The van der Waals surface area contributed by atoms with Crippen LogP contribution in [0, 0.1) is 5.82 Å². The van der Waals surface area contributed by atoms with Gasteiger partial charge in [0.15, 0.2) is 0 Å². The van der Waals surface area contributed by atoms with Gasteiger partial charge in [-0.2, -0.15) is 0 Å². The summed E-state index contributed by atoms with van der Waals surface area (Å²) in [5.41, 5.74) is 7.27. The number of halogens is 1. The summed E-state index contributed by atoms with van der Waals surface area (Å²) in [7, 11) is 0. The van der Waals surface area contributed by atoms with Crippen molar-refractivity contribution >= 4 is 22.7 Å². The van der Waals surface area contributed by atoms with Gasteiger partial charge in [0.1, 0.15) is 12.4 Å². The van der Waals surface area contributed by atoms with Crippen molar-refractivity contribution in [1.29, 1.82) is 0 Å². The fraction of sp³-hybridized carbons (Fsp3) is 0.0435. The zero-order valence-corrected chi connectivity index (χ0v) is 15.4. The SMILES string of the molecule is O=C(Cn1c(-c2ccccc2)cc2ccccc21)NNC(=O)c1ccccc1F. The Labute approximate surface area is 166 Å². The predicted octanol–water partition coefficient (Wildman–Crippen LogP) is 3.91. The van der Waals surface area contributed by atoms with E-state index in [9.17, 15) is 14.0 Å². The van der Waals surface area contributed by atoms with Gasteiger partial charge in [0.05, 0.1) is 5.56 Å². The molecule has 0 aliphatic rings. The highest BCUT2D eigenvalue weighted by atomic mass is 19.1. The number of hydrogen-bond donors (Lipinski definition) is 2. The predicted molar refractivity (Wildman–Crippen MR) is 109 cm³/mol. The van der Waals surface area contributed by atoms with Crippen LogP contribution in [0.15, 0.2) is 84.9 Å². The summed E-state index contributed by atoms with van der Waals surface area (Å²) in [6.45, 7) is -0.00467. The Bertz CT molecular complexity index is 1190. The van der Waals surface area contributed by atoms with Gasteiger partial charge in [-0.1, -0.05) is 60.7 Å². The molecule has 3 aromatic carbocycles. The van der Waals surface area contributed by atoms with Gasteiger partial charge in [0.2, 0.25) is 0 Å². The van der Waals surface area contributed by atoms with Crippen molar-refractivity contribution < 1.29 is 14.0 Å². The van der Waals surface area contributed by atoms with Crippen LogP contribution in [-0.2, 0) is 11.3 Å². The molecule has 5 nitrogen and oxygen atoms in total. The first-order valence-electron chi connectivity index (χ1n) is 9.11. The van der Waals surface area contributed by atoms with Crippen LogP contribution in [0.4, 0.5) is 4.39 Å². The minimum atomic E-state index is -0.711. The summed E-state index contributed by atoms with van der Waals surface area (Å²) < 4.78 is 15.6. The number of carbonyl (C=O) groups is 2. The highest BCUT2D eigenvalue weighted by molar-refractivity contribution is 5.96. The van der Waals surface area contributed by atoms with Gasteiger partial charge in [-0.3, -0.25) is 20.4 Å². The molecule has 0 radical (unpaired) electrons. The highest BCUT2D eigenvalue weighted by Gasteiger charge is 2.15. The van der Waals surface area contributed by atoms with E-state index in [0.29, 0.717) is 0 Å². The van der Waals surface area contributed by atoms with Crippen molar-refractivity contribution in [2.45, 2.75) is 6.54 Å². The first-order chi connectivity index (χ1) is 14.1. The van der Waals surface area contributed by atoms with E-state index in [1.54, 1.807) is 6.07 Å². The first kappa shape index (κ1) is 18.4. The fourth-order valence-corrected chi connectivity index (χ4v) is 3.25. The number of hydrogen-bond acceptors (Lipinski definition) is 2. The molecule has 2 amide bonds. The van der Waals surface area contributed by atoms with Crippen LogP contribution in [0.5, 0.6) is 0 Å². The van der Waals surface area contributed by atoms with E-state index in [2.05, 4.69) is 10.9 Å².